The standard InChI is InChI=1S/C11H12ClFN4O2S/c12-9-6-8(3-4-10(9)13)20(18,19)16-5-1-2-11-14-7-15-17-11/h3-4,6-7,16H,1-2,5H2,(H,14,15,17). The predicted molar refractivity (Wildman–Crippen MR) is 71.3 cm³/mol. The second kappa shape index (κ2) is 6.29. The fourth-order valence-corrected chi connectivity index (χ4v) is 2.89. The SMILES string of the molecule is O=S(=O)(NCCCc1ncn[nH]1)c1ccc(F)c(Cl)c1. The molecule has 1 aromatic carbocycles. The molecule has 2 N–H and O–H groups in total. The van der Waals surface area contributed by atoms with E-state index in [0.717, 1.165) is 12.1 Å². The van der Waals surface area contributed by atoms with Crippen molar-refractivity contribution in [2.45, 2.75) is 17.7 Å². The summed E-state index contributed by atoms with van der Waals surface area (Å²) in [4.78, 5) is 3.86. The Hall–Kier alpha value is -1.51. The average Bonchev–Trinajstić information content (AvgIpc) is 2.91. The average molecular weight is 319 g/mol. The van der Waals surface area contributed by atoms with Gasteiger partial charge in [-0.2, -0.15) is 5.10 Å². The number of halogens is 2. The minimum Gasteiger partial charge on any atom is -0.263 e. The highest BCUT2D eigenvalue weighted by Crippen LogP contribution is 2.19. The number of hydrogen-bond donors (Lipinski definition) is 2. The number of hydrogen-bond acceptors (Lipinski definition) is 4. The summed E-state index contributed by atoms with van der Waals surface area (Å²) in [6, 6.07) is 3.26. The Morgan fingerprint density at radius 1 is 1.40 bits per heavy atom. The summed E-state index contributed by atoms with van der Waals surface area (Å²) in [6.07, 6.45) is 2.52. The van der Waals surface area contributed by atoms with Gasteiger partial charge in [0.15, 0.2) is 0 Å². The first-order chi connectivity index (χ1) is 9.49. The quantitative estimate of drug-likeness (QED) is 0.790. The summed E-state index contributed by atoms with van der Waals surface area (Å²) in [5.74, 6) is 0.0324. The van der Waals surface area contributed by atoms with Gasteiger partial charge in [0, 0.05) is 13.0 Å². The number of aromatic amines is 1. The van der Waals surface area contributed by atoms with Crippen molar-refractivity contribution in [3.8, 4) is 0 Å². The molecule has 20 heavy (non-hydrogen) atoms. The van der Waals surface area contributed by atoms with Crippen LogP contribution in [-0.2, 0) is 16.4 Å². The number of aromatic nitrogens is 3. The highest BCUT2D eigenvalue weighted by Gasteiger charge is 2.15. The number of nitrogens with one attached hydrogen (secondary N) is 2. The van der Waals surface area contributed by atoms with Crippen LogP contribution in [0.4, 0.5) is 4.39 Å². The summed E-state index contributed by atoms with van der Waals surface area (Å²) >= 11 is 5.56. The van der Waals surface area contributed by atoms with Crippen molar-refractivity contribution in [3.05, 3.63) is 41.2 Å². The van der Waals surface area contributed by atoms with E-state index in [1.54, 1.807) is 0 Å². The van der Waals surface area contributed by atoms with E-state index in [4.69, 9.17) is 11.6 Å². The van der Waals surface area contributed by atoms with Gasteiger partial charge in [0.05, 0.1) is 9.92 Å². The van der Waals surface area contributed by atoms with Gasteiger partial charge in [-0.15, -0.1) is 0 Å². The van der Waals surface area contributed by atoms with Crippen molar-refractivity contribution in [2.75, 3.05) is 6.54 Å². The molecule has 0 aliphatic carbocycles. The van der Waals surface area contributed by atoms with E-state index in [9.17, 15) is 12.8 Å². The van der Waals surface area contributed by atoms with Gasteiger partial charge in [-0.25, -0.2) is 22.5 Å². The van der Waals surface area contributed by atoms with Crippen LogP contribution in [0.1, 0.15) is 12.2 Å². The van der Waals surface area contributed by atoms with Crippen LogP contribution in [0.25, 0.3) is 0 Å². The number of H-pyrrole nitrogens is 1. The van der Waals surface area contributed by atoms with E-state index in [2.05, 4.69) is 19.9 Å². The van der Waals surface area contributed by atoms with Crippen molar-refractivity contribution < 1.29 is 12.8 Å². The van der Waals surface area contributed by atoms with Gasteiger partial charge >= 0.3 is 0 Å². The van der Waals surface area contributed by atoms with Crippen molar-refractivity contribution in [2.24, 2.45) is 0 Å². The molecule has 1 aromatic heterocycles. The topological polar surface area (TPSA) is 87.7 Å². The maximum absolute atomic E-state index is 13.0. The summed E-state index contributed by atoms with van der Waals surface area (Å²) < 4.78 is 39.3. The van der Waals surface area contributed by atoms with Crippen LogP contribution >= 0.6 is 11.6 Å². The number of nitrogens with zero attached hydrogens (tertiary/aromatic N) is 2. The van der Waals surface area contributed by atoms with Crippen LogP contribution in [-0.4, -0.2) is 30.1 Å². The van der Waals surface area contributed by atoms with Crippen molar-refractivity contribution >= 4 is 21.6 Å². The lowest BCUT2D eigenvalue weighted by atomic mass is 10.3. The Morgan fingerprint density at radius 3 is 2.85 bits per heavy atom. The number of benzene rings is 1. The van der Waals surface area contributed by atoms with Crippen molar-refractivity contribution in [3.63, 3.8) is 0 Å². The molecule has 0 aliphatic heterocycles. The van der Waals surface area contributed by atoms with E-state index in [0.29, 0.717) is 18.7 Å². The molecule has 0 saturated heterocycles. The number of rotatable bonds is 6. The van der Waals surface area contributed by atoms with E-state index in [1.165, 1.54) is 12.4 Å². The zero-order valence-corrected chi connectivity index (χ0v) is 11.9. The molecule has 1 heterocycles. The molecule has 0 fully saturated rings. The Bertz CT molecular complexity index is 676. The molecular weight excluding hydrogens is 307 g/mol. The Labute approximate surface area is 120 Å². The lowest BCUT2D eigenvalue weighted by molar-refractivity contribution is 0.577. The zero-order chi connectivity index (χ0) is 14.6. The third-order valence-corrected chi connectivity index (χ3v) is 4.30. The highest BCUT2D eigenvalue weighted by atomic mass is 35.5. The van der Waals surface area contributed by atoms with Gasteiger partial charge in [-0.3, -0.25) is 5.10 Å². The monoisotopic (exact) mass is 318 g/mol. The first kappa shape index (κ1) is 14.9. The molecule has 0 aliphatic rings. The lowest BCUT2D eigenvalue weighted by Gasteiger charge is -2.06. The van der Waals surface area contributed by atoms with Crippen molar-refractivity contribution in [1.82, 2.24) is 19.9 Å². The summed E-state index contributed by atoms with van der Waals surface area (Å²) in [7, 11) is -3.69. The fourth-order valence-electron chi connectivity index (χ4n) is 1.54. The lowest BCUT2D eigenvalue weighted by Crippen LogP contribution is -2.25. The molecule has 6 nitrogen and oxygen atoms in total. The highest BCUT2D eigenvalue weighted by molar-refractivity contribution is 7.89. The molecule has 0 spiro atoms. The first-order valence-electron chi connectivity index (χ1n) is 5.78. The van der Waals surface area contributed by atoms with Crippen LogP contribution in [0.3, 0.4) is 0 Å². The summed E-state index contributed by atoms with van der Waals surface area (Å²) in [5, 5.41) is 6.15. The molecular formula is C11H12ClFN4O2S. The summed E-state index contributed by atoms with van der Waals surface area (Å²) in [6.45, 7) is 0.234. The van der Waals surface area contributed by atoms with E-state index >= 15 is 0 Å². The van der Waals surface area contributed by atoms with Gasteiger partial charge < -0.3 is 0 Å². The second-order valence-electron chi connectivity index (χ2n) is 4.01. The molecule has 0 atom stereocenters. The molecule has 2 aromatic rings. The second-order valence-corrected chi connectivity index (χ2v) is 6.18. The van der Waals surface area contributed by atoms with Gasteiger partial charge in [0.1, 0.15) is 18.0 Å². The molecule has 0 amide bonds. The van der Waals surface area contributed by atoms with Gasteiger partial charge in [-0.1, -0.05) is 11.6 Å². The first-order valence-corrected chi connectivity index (χ1v) is 7.64. The van der Waals surface area contributed by atoms with E-state index in [1.807, 2.05) is 0 Å². The largest absolute Gasteiger partial charge is 0.263 e. The Balaban J connectivity index is 1.92. The Morgan fingerprint density at radius 2 is 2.20 bits per heavy atom. The van der Waals surface area contributed by atoms with Crippen LogP contribution in [0.5, 0.6) is 0 Å². The number of aryl methyl sites for hydroxylation is 1. The molecule has 108 valence electrons. The normalized spacial score (nSPS) is 11.7. The summed E-state index contributed by atoms with van der Waals surface area (Å²) in [5.41, 5.74) is 0. The molecule has 0 radical (unpaired) electrons. The van der Waals surface area contributed by atoms with Crippen LogP contribution in [0.2, 0.25) is 5.02 Å². The molecule has 0 unspecified atom stereocenters. The minimum absolute atomic E-state index is 0.0661. The van der Waals surface area contributed by atoms with Gasteiger partial charge in [0.2, 0.25) is 10.0 Å². The molecule has 2 rings (SSSR count). The van der Waals surface area contributed by atoms with Crippen LogP contribution < -0.4 is 4.72 Å². The molecule has 9 heteroatoms. The zero-order valence-electron chi connectivity index (χ0n) is 10.3. The van der Waals surface area contributed by atoms with Gasteiger partial charge in [0.25, 0.3) is 0 Å². The minimum atomic E-state index is -3.69. The van der Waals surface area contributed by atoms with E-state index in [-0.39, 0.29) is 16.5 Å². The van der Waals surface area contributed by atoms with Crippen LogP contribution in [0.15, 0.2) is 29.4 Å². The third-order valence-electron chi connectivity index (χ3n) is 2.55. The predicted octanol–water partition coefficient (Wildman–Crippen LogP) is 1.51. The van der Waals surface area contributed by atoms with E-state index < -0.39 is 15.8 Å². The van der Waals surface area contributed by atoms with Crippen LogP contribution in [0, 0.1) is 5.82 Å². The maximum Gasteiger partial charge on any atom is 0.240 e. The third kappa shape index (κ3) is 3.75. The number of sulfonamides is 1. The molecule has 0 saturated carbocycles. The van der Waals surface area contributed by atoms with Crippen molar-refractivity contribution in [1.29, 1.82) is 0 Å². The fraction of sp³-hybridized carbons (Fsp3) is 0.273. The smallest absolute Gasteiger partial charge is 0.240 e. The molecule has 0 bridgehead atoms. The van der Waals surface area contributed by atoms with Gasteiger partial charge in [-0.05, 0) is 24.6 Å². The Kier molecular flexibility index (Phi) is 4.69. The maximum atomic E-state index is 13.0.